The second-order valence-corrected chi connectivity index (χ2v) is 8.50. The summed E-state index contributed by atoms with van der Waals surface area (Å²) >= 11 is 0. The molecule has 0 saturated carbocycles. The summed E-state index contributed by atoms with van der Waals surface area (Å²) < 4.78 is 1.59. The number of aromatic amines is 1. The molecule has 0 spiro atoms. The molecule has 3 aromatic rings. The van der Waals surface area contributed by atoms with E-state index in [9.17, 15) is 9.59 Å². The molecule has 1 aromatic carbocycles. The minimum atomic E-state index is -0.0428. The predicted molar refractivity (Wildman–Crippen MR) is 121 cm³/mol. The van der Waals surface area contributed by atoms with Crippen molar-refractivity contribution >= 4 is 5.91 Å². The molecule has 1 saturated heterocycles. The first kappa shape index (κ1) is 21.1. The van der Waals surface area contributed by atoms with Crippen LogP contribution in [0.3, 0.4) is 0 Å². The van der Waals surface area contributed by atoms with Crippen LogP contribution >= 0.6 is 0 Å². The maximum atomic E-state index is 12.5. The van der Waals surface area contributed by atoms with E-state index in [4.69, 9.17) is 0 Å². The molecule has 1 fully saturated rings. The standard InChI is InChI=1S/C24H29N5O2/c1-17-13-29(14-18-8-10-28(2)23(30)11-18)15-21(17)7-9-26-24(31)20-5-3-19(4-6-20)22-12-25-16-27-22/h3-6,8,10-12,16-17,21H,7,9,13-15H2,1-2H3,(H,25,27)(H,26,31)/t17-,21-/m1/s1. The summed E-state index contributed by atoms with van der Waals surface area (Å²) in [5.41, 5.74) is 3.69. The normalized spacial score (nSPS) is 18.9. The number of aromatic nitrogens is 3. The Labute approximate surface area is 182 Å². The van der Waals surface area contributed by atoms with E-state index in [0.29, 0.717) is 23.9 Å². The summed E-state index contributed by atoms with van der Waals surface area (Å²) in [6, 6.07) is 11.3. The minimum Gasteiger partial charge on any atom is -0.352 e. The van der Waals surface area contributed by atoms with Gasteiger partial charge in [-0.25, -0.2) is 4.98 Å². The number of aryl methyl sites for hydroxylation is 1. The van der Waals surface area contributed by atoms with Gasteiger partial charge in [-0.15, -0.1) is 0 Å². The lowest BCUT2D eigenvalue weighted by Crippen LogP contribution is -2.27. The summed E-state index contributed by atoms with van der Waals surface area (Å²) in [7, 11) is 1.77. The lowest BCUT2D eigenvalue weighted by molar-refractivity contribution is 0.0950. The van der Waals surface area contributed by atoms with Crippen LogP contribution in [0.15, 0.2) is 59.9 Å². The molecule has 7 heteroatoms. The summed E-state index contributed by atoms with van der Waals surface area (Å²) in [5.74, 6) is 1.06. The van der Waals surface area contributed by atoms with Gasteiger partial charge in [0.25, 0.3) is 11.5 Å². The Balaban J connectivity index is 1.25. The Morgan fingerprint density at radius 2 is 2.03 bits per heavy atom. The maximum absolute atomic E-state index is 12.5. The van der Waals surface area contributed by atoms with E-state index in [-0.39, 0.29) is 11.5 Å². The average Bonchev–Trinajstić information content (AvgIpc) is 3.41. The maximum Gasteiger partial charge on any atom is 0.251 e. The van der Waals surface area contributed by atoms with Gasteiger partial charge in [0.15, 0.2) is 0 Å². The van der Waals surface area contributed by atoms with Crippen LogP contribution in [0.2, 0.25) is 0 Å². The third-order valence-electron chi connectivity index (χ3n) is 6.18. The van der Waals surface area contributed by atoms with Crippen LogP contribution in [0.1, 0.15) is 29.3 Å². The van der Waals surface area contributed by atoms with Crippen molar-refractivity contribution < 1.29 is 4.79 Å². The molecular weight excluding hydrogens is 390 g/mol. The van der Waals surface area contributed by atoms with Crippen molar-refractivity contribution in [1.82, 2.24) is 24.8 Å². The first-order valence-corrected chi connectivity index (χ1v) is 10.7. The van der Waals surface area contributed by atoms with E-state index >= 15 is 0 Å². The molecule has 2 atom stereocenters. The lowest BCUT2D eigenvalue weighted by atomic mass is 9.95. The number of carbonyl (C=O) groups excluding carboxylic acids is 1. The van der Waals surface area contributed by atoms with E-state index in [1.807, 2.05) is 36.5 Å². The lowest BCUT2D eigenvalue weighted by Gasteiger charge is -2.16. The van der Waals surface area contributed by atoms with Gasteiger partial charge in [0, 0.05) is 51.1 Å². The Kier molecular flexibility index (Phi) is 6.32. The molecule has 1 aliphatic heterocycles. The van der Waals surface area contributed by atoms with Crippen LogP contribution in [0.25, 0.3) is 11.3 Å². The zero-order valence-electron chi connectivity index (χ0n) is 18.0. The van der Waals surface area contributed by atoms with Crippen LogP contribution in [0, 0.1) is 11.8 Å². The van der Waals surface area contributed by atoms with E-state index in [1.165, 1.54) is 0 Å². The van der Waals surface area contributed by atoms with E-state index in [1.54, 1.807) is 30.2 Å². The van der Waals surface area contributed by atoms with Crippen LogP contribution in [-0.4, -0.2) is 45.0 Å². The molecule has 162 valence electrons. The number of H-pyrrole nitrogens is 1. The molecule has 1 aliphatic rings. The number of amides is 1. The Morgan fingerprint density at radius 1 is 1.23 bits per heavy atom. The third kappa shape index (κ3) is 5.11. The second kappa shape index (κ2) is 9.31. The van der Waals surface area contributed by atoms with Gasteiger partial charge < -0.3 is 14.9 Å². The smallest absolute Gasteiger partial charge is 0.251 e. The molecule has 2 N–H and O–H groups in total. The van der Waals surface area contributed by atoms with E-state index < -0.39 is 0 Å². The third-order valence-corrected chi connectivity index (χ3v) is 6.18. The van der Waals surface area contributed by atoms with Crippen molar-refractivity contribution in [2.75, 3.05) is 19.6 Å². The highest BCUT2D eigenvalue weighted by Gasteiger charge is 2.29. The molecule has 0 aliphatic carbocycles. The summed E-state index contributed by atoms with van der Waals surface area (Å²) in [6.45, 7) is 5.74. The summed E-state index contributed by atoms with van der Waals surface area (Å²) in [6.07, 6.45) is 6.18. The van der Waals surface area contributed by atoms with Crippen molar-refractivity contribution in [2.45, 2.75) is 19.9 Å². The minimum absolute atomic E-state index is 0.0293. The van der Waals surface area contributed by atoms with Crippen molar-refractivity contribution in [3.8, 4) is 11.3 Å². The number of likely N-dealkylation sites (tertiary alicyclic amines) is 1. The van der Waals surface area contributed by atoms with Crippen molar-refractivity contribution in [3.63, 3.8) is 0 Å². The van der Waals surface area contributed by atoms with Crippen LogP contribution in [-0.2, 0) is 13.6 Å². The topological polar surface area (TPSA) is 83.0 Å². The second-order valence-electron chi connectivity index (χ2n) is 8.50. The molecule has 3 heterocycles. The summed E-state index contributed by atoms with van der Waals surface area (Å²) in [5, 5.41) is 3.06. The summed E-state index contributed by atoms with van der Waals surface area (Å²) in [4.78, 5) is 33.8. The fourth-order valence-corrected chi connectivity index (χ4v) is 4.28. The number of benzene rings is 1. The number of imidazole rings is 1. The van der Waals surface area contributed by atoms with Crippen LogP contribution < -0.4 is 10.9 Å². The number of carbonyl (C=O) groups is 1. The number of nitrogens with zero attached hydrogens (tertiary/aromatic N) is 3. The number of hydrogen-bond donors (Lipinski definition) is 2. The first-order valence-electron chi connectivity index (χ1n) is 10.7. The predicted octanol–water partition coefficient (Wildman–Crippen LogP) is 2.66. The fourth-order valence-electron chi connectivity index (χ4n) is 4.28. The van der Waals surface area contributed by atoms with Crippen molar-refractivity contribution in [3.05, 3.63) is 76.6 Å². The average molecular weight is 420 g/mol. The number of pyridine rings is 1. The highest BCUT2D eigenvalue weighted by Crippen LogP contribution is 2.26. The van der Waals surface area contributed by atoms with Crippen molar-refractivity contribution in [2.24, 2.45) is 18.9 Å². The van der Waals surface area contributed by atoms with Gasteiger partial charge in [0.2, 0.25) is 0 Å². The Bertz CT molecular complexity index is 1070. The molecular formula is C24H29N5O2. The van der Waals surface area contributed by atoms with Gasteiger partial charge in [0.05, 0.1) is 18.2 Å². The largest absolute Gasteiger partial charge is 0.352 e. The van der Waals surface area contributed by atoms with Crippen molar-refractivity contribution in [1.29, 1.82) is 0 Å². The van der Waals surface area contributed by atoms with E-state index in [2.05, 4.69) is 27.1 Å². The highest BCUT2D eigenvalue weighted by molar-refractivity contribution is 5.94. The van der Waals surface area contributed by atoms with Gasteiger partial charge in [0.1, 0.15) is 0 Å². The van der Waals surface area contributed by atoms with Gasteiger partial charge in [-0.3, -0.25) is 14.5 Å². The number of rotatable bonds is 7. The molecule has 0 unspecified atom stereocenters. The zero-order valence-corrected chi connectivity index (χ0v) is 18.0. The van der Waals surface area contributed by atoms with E-state index in [0.717, 1.165) is 42.9 Å². The van der Waals surface area contributed by atoms with Gasteiger partial charge in [-0.2, -0.15) is 0 Å². The molecule has 0 bridgehead atoms. The monoisotopic (exact) mass is 419 g/mol. The highest BCUT2D eigenvalue weighted by atomic mass is 16.1. The van der Waals surface area contributed by atoms with Gasteiger partial charge in [-0.1, -0.05) is 19.1 Å². The molecule has 2 aromatic heterocycles. The first-order chi connectivity index (χ1) is 15.0. The van der Waals surface area contributed by atoms with Gasteiger partial charge in [-0.05, 0) is 47.6 Å². The SMILES string of the molecule is C[C@@H]1CN(Cc2ccn(C)c(=O)c2)C[C@H]1CCNC(=O)c1ccc(-c2cnc[nH]2)cc1. The van der Waals surface area contributed by atoms with Gasteiger partial charge >= 0.3 is 0 Å². The quantitative estimate of drug-likeness (QED) is 0.617. The molecule has 7 nitrogen and oxygen atoms in total. The molecule has 0 radical (unpaired) electrons. The Morgan fingerprint density at radius 3 is 2.74 bits per heavy atom. The molecule has 4 rings (SSSR count). The zero-order chi connectivity index (χ0) is 21.8. The number of nitrogens with one attached hydrogen (secondary N) is 2. The van der Waals surface area contributed by atoms with Crippen LogP contribution in [0.5, 0.6) is 0 Å². The van der Waals surface area contributed by atoms with Crippen LogP contribution in [0.4, 0.5) is 0 Å². The number of hydrogen-bond acceptors (Lipinski definition) is 4. The Hall–Kier alpha value is -3.19. The molecule has 31 heavy (non-hydrogen) atoms. The fraction of sp³-hybridized carbons (Fsp3) is 0.375. The molecule has 1 amide bonds.